The smallest absolute Gasteiger partial charge is 0.314 e. The Kier molecular flexibility index (Phi) is 1.37. The monoisotopic (exact) mass is 188 g/mol. The van der Waals surface area contributed by atoms with Gasteiger partial charge in [0.05, 0.1) is 5.41 Å². The van der Waals surface area contributed by atoms with E-state index in [2.05, 4.69) is 6.07 Å². The van der Waals surface area contributed by atoms with Crippen LogP contribution < -0.4 is 0 Å². The molecule has 1 fully saturated rings. The molecule has 0 amide bonds. The molecule has 0 radical (unpaired) electrons. The van der Waals surface area contributed by atoms with Gasteiger partial charge in [-0.2, -0.15) is 0 Å². The van der Waals surface area contributed by atoms with Crippen molar-refractivity contribution in [3.05, 3.63) is 35.4 Å². The van der Waals surface area contributed by atoms with E-state index in [1.807, 2.05) is 18.2 Å². The molecule has 0 spiro atoms. The number of carboxylic acid groups (broad SMARTS) is 1. The number of aliphatic carboxylic acids is 1. The van der Waals surface area contributed by atoms with Gasteiger partial charge in [0.2, 0.25) is 0 Å². The third-order valence-corrected chi connectivity index (χ3v) is 3.84. The Hall–Kier alpha value is -1.31. The van der Waals surface area contributed by atoms with Crippen LogP contribution in [-0.2, 0) is 10.2 Å². The van der Waals surface area contributed by atoms with Crippen LogP contribution in [0.25, 0.3) is 0 Å². The lowest BCUT2D eigenvalue weighted by molar-refractivity contribution is -0.143. The largest absolute Gasteiger partial charge is 0.481 e. The zero-order valence-electron chi connectivity index (χ0n) is 7.86. The molecule has 0 aromatic heterocycles. The highest BCUT2D eigenvalue weighted by Gasteiger charge is 2.53. The predicted molar refractivity (Wildman–Crippen MR) is 52.3 cm³/mol. The van der Waals surface area contributed by atoms with E-state index in [-0.39, 0.29) is 0 Å². The maximum Gasteiger partial charge on any atom is 0.314 e. The first-order chi connectivity index (χ1) is 6.74. The number of carboxylic acids is 1. The molecule has 2 aliphatic rings. The van der Waals surface area contributed by atoms with Gasteiger partial charge in [0, 0.05) is 0 Å². The molecule has 2 atom stereocenters. The molecule has 2 aliphatic carbocycles. The lowest BCUT2D eigenvalue weighted by Crippen LogP contribution is -2.31. The lowest BCUT2D eigenvalue weighted by atomic mass is 9.79. The van der Waals surface area contributed by atoms with Crippen LogP contribution in [-0.4, -0.2) is 11.1 Å². The van der Waals surface area contributed by atoms with E-state index in [1.165, 1.54) is 5.56 Å². The second-order valence-corrected chi connectivity index (χ2v) is 4.41. The molecule has 1 aromatic carbocycles. The summed E-state index contributed by atoms with van der Waals surface area (Å²) in [6.07, 6.45) is 2.69. The average molecular weight is 188 g/mol. The van der Waals surface area contributed by atoms with E-state index in [4.69, 9.17) is 0 Å². The summed E-state index contributed by atoms with van der Waals surface area (Å²) < 4.78 is 0. The number of carbonyl (C=O) groups is 1. The van der Waals surface area contributed by atoms with Gasteiger partial charge < -0.3 is 5.11 Å². The molecule has 3 rings (SSSR count). The van der Waals surface area contributed by atoms with Gasteiger partial charge in [-0.15, -0.1) is 0 Å². The summed E-state index contributed by atoms with van der Waals surface area (Å²) >= 11 is 0. The van der Waals surface area contributed by atoms with Crippen molar-refractivity contribution in [1.82, 2.24) is 0 Å². The molecule has 2 nitrogen and oxygen atoms in total. The maximum absolute atomic E-state index is 11.3. The van der Waals surface area contributed by atoms with Crippen LogP contribution in [0, 0.1) is 0 Å². The van der Waals surface area contributed by atoms with Gasteiger partial charge in [-0.05, 0) is 36.3 Å². The number of rotatable bonds is 1. The molecule has 0 heterocycles. The van der Waals surface area contributed by atoms with Crippen molar-refractivity contribution >= 4 is 5.97 Å². The second kappa shape index (κ2) is 2.38. The van der Waals surface area contributed by atoms with Crippen molar-refractivity contribution in [3.63, 3.8) is 0 Å². The topological polar surface area (TPSA) is 37.3 Å². The minimum Gasteiger partial charge on any atom is -0.481 e. The van der Waals surface area contributed by atoms with Gasteiger partial charge >= 0.3 is 5.97 Å². The van der Waals surface area contributed by atoms with E-state index in [0.717, 1.165) is 24.8 Å². The number of hydrogen-bond donors (Lipinski definition) is 1. The fraction of sp³-hybridized carbons (Fsp3) is 0.417. The van der Waals surface area contributed by atoms with Crippen LogP contribution in [0.15, 0.2) is 24.3 Å². The quantitative estimate of drug-likeness (QED) is 0.734. The highest BCUT2D eigenvalue weighted by Crippen LogP contribution is 2.57. The van der Waals surface area contributed by atoms with E-state index >= 15 is 0 Å². The summed E-state index contributed by atoms with van der Waals surface area (Å²) in [5.74, 6) is -0.132. The highest BCUT2D eigenvalue weighted by atomic mass is 16.4. The van der Waals surface area contributed by atoms with Crippen molar-refractivity contribution in [3.8, 4) is 0 Å². The number of benzene rings is 1. The highest BCUT2D eigenvalue weighted by molar-refractivity contribution is 5.84. The van der Waals surface area contributed by atoms with Gasteiger partial charge in [-0.3, -0.25) is 4.79 Å². The van der Waals surface area contributed by atoms with Crippen molar-refractivity contribution in [2.75, 3.05) is 0 Å². The molecular formula is C12H12O2. The number of hydrogen-bond acceptors (Lipinski definition) is 1. The average Bonchev–Trinajstić information content (AvgIpc) is 2.75. The van der Waals surface area contributed by atoms with E-state index in [0.29, 0.717) is 5.92 Å². The standard InChI is InChI=1S/C12H12O2/c13-11(14)12-6-5-8(7-12)9-3-1-2-4-10(9)12/h1-4,8H,5-7H2,(H,13,14). The zero-order valence-corrected chi connectivity index (χ0v) is 7.86. The molecule has 1 saturated carbocycles. The molecule has 2 bridgehead atoms. The van der Waals surface area contributed by atoms with E-state index in [1.54, 1.807) is 0 Å². The first kappa shape index (κ1) is 8.04. The van der Waals surface area contributed by atoms with E-state index < -0.39 is 11.4 Å². The second-order valence-electron chi connectivity index (χ2n) is 4.41. The molecule has 0 aliphatic heterocycles. The summed E-state index contributed by atoms with van der Waals surface area (Å²) in [5, 5.41) is 9.34. The van der Waals surface area contributed by atoms with Gasteiger partial charge in [-0.25, -0.2) is 0 Å². The molecule has 1 N–H and O–H groups in total. The predicted octanol–water partition coefficient (Wildman–Crippen LogP) is 2.29. The third kappa shape index (κ3) is 0.746. The van der Waals surface area contributed by atoms with Gasteiger partial charge in [-0.1, -0.05) is 24.3 Å². The summed E-state index contributed by atoms with van der Waals surface area (Å²) in [5.41, 5.74) is 1.81. The maximum atomic E-state index is 11.3. The van der Waals surface area contributed by atoms with Crippen molar-refractivity contribution in [1.29, 1.82) is 0 Å². The first-order valence-corrected chi connectivity index (χ1v) is 5.07. The minimum atomic E-state index is -0.634. The van der Waals surface area contributed by atoms with Crippen LogP contribution >= 0.6 is 0 Å². The van der Waals surface area contributed by atoms with Gasteiger partial charge in [0.15, 0.2) is 0 Å². The zero-order chi connectivity index (χ0) is 9.76. The van der Waals surface area contributed by atoms with Gasteiger partial charge in [0.1, 0.15) is 0 Å². The van der Waals surface area contributed by atoms with Crippen LogP contribution in [0.3, 0.4) is 0 Å². The normalized spacial score (nSPS) is 33.0. The Labute approximate surface area is 82.6 Å². The summed E-state index contributed by atoms with van der Waals surface area (Å²) in [4.78, 5) is 11.3. The molecule has 1 aromatic rings. The fourth-order valence-electron chi connectivity index (χ4n) is 3.15. The Balaban J connectivity index is 2.24. The van der Waals surface area contributed by atoms with Crippen LogP contribution in [0.4, 0.5) is 0 Å². The Morgan fingerprint density at radius 1 is 1.43 bits per heavy atom. The van der Waals surface area contributed by atoms with Crippen LogP contribution in [0.5, 0.6) is 0 Å². The summed E-state index contributed by atoms with van der Waals surface area (Å²) in [6.45, 7) is 0. The Morgan fingerprint density at radius 2 is 2.21 bits per heavy atom. The van der Waals surface area contributed by atoms with Crippen molar-refractivity contribution in [2.45, 2.75) is 30.6 Å². The molecule has 2 unspecified atom stereocenters. The molecule has 14 heavy (non-hydrogen) atoms. The SMILES string of the molecule is O=C(O)C12CCC(C1)c1ccccc12. The van der Waals surface area contributed by atoms with E-state index in [9.17, 15) is 9.90 Å². The molecule has 72 valence electrons. The minimum absolute atomic E-state index is 0.502. The molecule has 2 heteroatoms. The fourth-order valence-corrected chi connectivity index (χ4v) is 3.15. The van der Waals surface area contributed by atoms with Gasteiger partial charge in [0.25, 0.3) is 0 Å². The first-order valence-electron chi connectivity index (χ1n) is 5.07. The van der Waals surface area contributed by atoms with Crippen LogP contribution in [0.2, 0.25) is 0 Å². The number of fused-ring (bicyclic) bond motifs is 5. The molecule has 0 saturated heterocycles. The summed E-state index contributed by atoms with van der Waals surface area (Å²) in [7, 11) is 0. The Bertz CT molecular complexity index is 411. The third-order valence-electron chi connectivity index (χ3n) is 3.84. The van der Waals surface area contributed by atoms with Crippen molar-refractivity contribution in [2.24, 2.45) is 0 Å². The molecular weight excluding hydrogens is 176 g/mol. The van der Waals surface area contributed by atoms with Crippen molar-refractivity contribution < 1.29 is 9.90 Å². The van der Waals surface area contributed by atoms with Crippen LogP contribution in [0.1, 0.15) is 36.3 Å². The lowest BCUT2D eigenvalue weighted by Gasteiger charge is -2.23. The summed E-state index contributed by atoms with van der Waals surface area (Å²) in [6, 6.07) is 8.03. The Morgan fingerprint density at radius 3 is 3.00 bits per heavy atom.